The van der Waals surface area contributed by atoms with Crippen LogP contribution in [-0.4, -0.2) is 30.1 Å². The first-order valence-corrected chi connectivity index (χ1v) is 8.64. The average molecular weight is 349 g/mol. The lowest BCUT2D eigenvalue weighted by Gasteiger charge is -2.41. The Morgan fingerprint density at radius 2 is 1.83 bits per heavy atom. The zero-order valence-corrected chi connectivity index (χ0v) is 14.3. The lowest BCUT2D eigenvalue weighted by molar-refractivity contribution is -0.151. The molecule has 0 radical (unpaired) electrons. The second-order valence-electron chi connectivity index (χ2n) is 6.26. The van der Waals surface area contributed by atoms with Crippen LogP contribution in [-0.2, 0) is 14.3 Å². The van der Waals surface area contributed by atoms with Gasteiger partial charge in [-0.25, -0.2) is 4.79 Å². The number of esters is 1. The molecule has 1 saturated carbocycles. The summed E-state index contributed by atoms with van der Waals surface area (Å²) >= 11 is 1.28. The molecule has 6 nitrogen and oxygen atoms in total. The van der Waals surface area contributed by atoms with Gasteiger partial charge in [-0.15, -0.1) is 11.3 Å². The van der Waals surface area contributed by atoms with Crippen molar-refractivity contribution in [3.8, 4) is 0 Å². The molecule has 0 spiro atoms. The van der Waals surface area contributed by atoms with Crippen molar-refractivity contribution in [3.05, 3.63) is 28.7 Å². The molecule has 1 aromatic rings. The Kier molecular flexibility index (Phi) is 4.45. The van der Waals surface area contributed by atoms with Gasteiger partial charge in [0.2, 0.25) is 5.91 Å². The fourth-order valence-electron chi connectivity index (χ4n) is 3.75. The third-order valence-corrected chi connectivity index (χ3v) is 5.80. The van der Waals surface area contributed by atoms with Crippen LogP contribution in [0.1, 0.15) is 28.1 Å². The number of thiophene rings is 1. The number of amides is 1. The molecule has 1 fully saturated rings. The van der Waals surface area contributed by atoms with Crippen LogP contribution in [0.2, 0.25) is 0 Å². The summed E-state index contributed by atoms with van der Waals surface area (Å²) in [6.45, 7) is 1.83. The van der Waals surface area contributed by atoms with Gasteiger partial charge in [-0.2, -0.15) is 0 Å². The fourth-order valence-corrected chi connectivity index (χ4v) is 4.65. The largest absolute Gasteiger partial charge is 0.481 e. The number of carboxylic acids is 1. The van der Waals surface area contributed by atoms with Crippen molar-refractivity contribution in [2.24, 2.45) is 23.7 Å². The van der Waals surface area contributed by atoms with Crippen LogP contribution in [0.3, 0.4) is 0 Å². The predicted molar refractivity (Wildman–Crippen MR) is 89.0 cm³/mol. The average Bonchev–Trinajstić information content (AvgIpc) is 2.94. The summed E-state index contributed by atoms with van der Waals surface area (Å²) in [6.07, 6.45) is 5.49. The van der Waals surface area contributed by atoms with Gasteiger partial charge >= 0.3 is 11.9 Å². The van der Waals surface area contributed by atoms with E-state index in [9.17, 15) is 19.5 Å². The first kappa shape index (κ1) is 16.7. The van der Waals surface area contributed by atoms with Gasteiger partial charge in [0, 0.05) is 4.88 Å². The van der Waals surface area contributed by atoms with Crippen molar-refractivity contribution in [3.63, 3.8) is 0 Å². The Balaban J connectivity index is 1.86. The summed E-state index contributed by atoms with van der Waals surface area (Å²) in [5, 5.41) is 12.7. The molecular weight excluding hydrogens is 330 g/mol. The molecule has 4 atom stereocenters. The number of rotatable bonds is 4. The molecule has 2 bridgehead atoms. The summed E-state index contributed by atoms with van der Waals surface area (Å²) in [7, 11) is 1.28. The molecule has 0 saturated heterocycles. The molecule has 1 amide bonds. The monoisotopic (exact) mass is 349 g/mol. The van der Waals surface area contributed by atoms with Crippen LogP contribution in [0, 0.1) is 30.6 Å². The second kappa shape index (κ2) is 6.39. The van der Waals surface area contributed by atoms with E-state index < -0.39 is 23.8 Å². The summed E-state index contributed by atoms with van der Waals surface area (Å²) < 4.78 is 4.74. The van der Waals surface area contributed by atoms with Gasteiger partial charge in [-0.3, -0.25) is 9.59 Å². The molecule has 3 aliphatic carbocycles. The van der Waals surface area contributed by atoms with Crippen LogP contribution in [0.4, 0.5) is 5.00 Å². The molecule has 24 heavy (non-hydrogen) atoms. The fraction of sp³-hybridized carbons (Fsp3) is 0.471. The van der Waals surface area contributed by atoms with E-state index in [0.29, 0.717) is 10.6 Å². The standard InChI is InChI=1S/C17H19NO5S/c1-8-7-11(17(22)23-2)15(24-8)18-14(19)12-9-3-5-10(6-4-9)13(12)16(20)21/h3,5,7,9-10,12-13H,4,6H2,1-2H3,(H,18,19)(H,20,21)/t9-,10-,12+,13+/m0/s1. The Bertz CT molecular complexity index is 723. The van der Waals surface area contributed by atoms with E-state index in [2.05, 4.69) is 5.32 Å². The number of aryl methyl sites for hydroxylation is 1. The third kappa shape index (κ3) is 2.84. The summed E-state index contributed by atoms with van der Waals surface area (Å²) in [5.74, 6) is -3.30. The normalized spacial score (nSPS) is 27.8. The van der Waals surface area contributed by atoms with E-state index in [1.54, 1.807) is 6.07 Å². The van der Waals surface area contributed by atoms with Gasteiger partial charge in [0.05, 0.1) is 24.5 Å². The molecule has 0 aliphatic heterocycles. The highest BCUT2D eigenvalue weighted by Gasteiger charge is 2.48. The highest BCUT2D eigenvalue weighted by atomic mass is 32.1. The number of nitrogens with one attached hydrogen (secondary N) is 1. The van der Waals surface area contributed by atoms with Gasteiger partial charge in [0.15, 0.2) is 0 Å². The number of carboxylic acid groups (broad SMARTS) is 1. The Morgan fingerprint density at radius 1 is 1.21 bits per heavy atom. The summed E-state index contributed by atoms with van der Waals surface area (Å²) in [6, 6.07) is 1.66. The number of hydrogen-bond donors (Lipinski definition) is 2. The quantitative estimate of drug-likeness (QED) is 0.644. The number of anilines is 1. The van der Waals surface area contributed by atoms with Crippen molar-refractivity contribution in [1.82, 2.24) is 0 Å². The van der Waals surface area contributed by atoms with Crippen molar-refractivity contribution < 1.29 is 24.2 Å². The number of methoxy groups -OCH3 is 1. The number of ether oxygens (including phenoxy) is 1. The van der Waals surface area contributed by atoms with Crippen LogP contribution >= 0.6 is 11.3 Å². The number of aliphatic carboxylic acids is 1. The number of carbonyl (C=O) groups excluding carboxylic acids is 2. The van der Waals surface area contributed by atoms with Crippen molar-refractivity contribution in [2.45, 2.75) is 19.8 Å². The Morgan fingerprint density at radius 3 is 2.38 bits per heavy atom. The maximum atomic E-state index is 12.8. The Hall–Kier alpha value is -2.15. The van der Waals surface area contributed by atoms with E-state index >= 15 is 0 Å². The third-order valence-electron chi connectivity index (χ3n) is 4.83. The van der Waals surface area contributed by atoms with E-state index in [0.717, 1.165) is 17.7 Å². The Labute approximate surface area is 143 Å². The summed E-state index contributed by atoms with van der Waals surface area (Å²) in [5.41, 5.74) is 0.303. The molecule has 0 unspecified atom stereocenters. The smallest absolute Gasteiger partial charge is 0.340 e. The van der Waals surface area contributed by atoms with Crippen molar-refractivity contribution >= 4 is 34.2 Å². The highest BCUT2D eigenvalue weighted by molar-refractivity contribution is 7.16. The van der Waals surface area contributed by atoms with E-state index in [4.69, 9.17) is 4.74 Å². The molecule has 3 aliphatic rings. The van der Waals surface area contributed by atoms with Gasteiger partial charge < -0.3 is 15.2 Å². The minimum Gasteiger partial charge on any atom is -0.481 e. The van der Waals surface area contributed by atoms with Gasteiger partial charge in [0.1, 0.15) is 5.00 Å². The number of carbonyl (C=O) groups is 3. The van der Waals surface area contributed by atoms with E-state index in [-0.39, 0.29) is 17.7 Å². The SMILES string of the molecule is COC(=O)c1cc(C)sc1NC(=O)[C@H]1[C@H](C(=O)O)[C@H]2C=C[C@H]1CC2. The molecule has 128 valence electrons. The van der Waals surface area contributed by atoms with Gasteiger partial charge in [-0.05, 0) is 37.7 Å². The van der Waals surface area contributed by atoms with E-state index in [1.165, 1.54) is 18.4 Å². The first-order valence-electron chi connectivity index (χ1n) is 7.83. The second-order valence-corrected chi connectivity index (χ2v) is 7.52. The predicted octanol–water partition coefficient (Wildman–Crippen LogP) is 2.69. The maximum absolute atomic E-state index is 12.8. The minimum atomic E-state index is -0.940. The van der Waals surface area contributed by atoms with Crippen molar-refractivity contribution in [1.29, 1.82) is 0 Å². The van der Waals surface area contributed by atoms with Crippen LogP contribution in [0.5, 0.6) is 0 Å². The zero-order valence-electron chi connectivity index (χ0n) is 13.4. The molecule has 7 heteroatoms. The molecule has 1 heterocycles. The molecule has 1 aromatic heterocycles. The molecule has 2 N–H and O–H groups in total. The lowest BCUT2D eigenvalue weighted by atomic mass is 9.62. The topological polar surface area (TPSA) is 92.7 Å². The molecule has 0 aromatic carbocycles. The number of allylic oxidation sites excluding steroid dienone is 2. The first-order chi connectivity index (χ1) is 11.4. The van der Waals surface area contributed by atoms with Gasteiger partial charge in [0.25, 0.3) is 0 Å². The van der Waals surface area contributed by atoms with Crippen LogP contribution in [0.15, 0.2) is 18.2 Å². The van der Waals surface area contributed by atoms with E-state index in [1.807, 2.05) is 19.1 Å². The summed E-state index contributed by atoms with van der Waals surface area (Å²) in [4.78, 5) is 37.1. The van der Waals surface area contributed by atoms with Gasteiger partial charge in [-0.1, -0.05) is 12.2 Å². The zero-order chi connectivity index (χ0) is 17.4. The lowest BCUT2D eigenvalue weighted by Crippen LogP contribution is -2.47. The number of hydrogen-bond acceptors (Lipinski definition) is 5. The molecule has 4 rings (SSSR count). The van der Waals surface area contributed by atoms with Crippen molar-refractivity contribution in [2.75, 3.05) is 12.4 Å². The number of fused-ring (bicyclic) bond motifs is 2. The van der Waals surface area contributed by atoms with Crippen LogP contribution < -0.4 is 5.32 Å². The molecular formula is C17H19NO5S. The van der Waals surface area contributed by atoms with Crippen LogP contribution in [0.25, 0.3) is 0 Å². The highest BCUT2D eigenvalue weighted by Crippen LogP contribution is 2.45. The maximum Gasteiger partial charge on any atom is 0.340 e. The minimum absolute atomic E-state index is 0.0706.